The summed E-state index contributed by atoms with van der Waals surface area (Å²) in [5.41, 5.74) is 8.04. The van der Waals surface area contributed by atoms with Crippen molar-refractivity contribution < 1.29 is 4.42 Å². The van der Waals surface area contributed by atoms with Crippen LogP contribution in [0, 0.1) is 0 Å². The minimum atomic E-state index is 0.661. The van der Waals surface area contributed by atoms with Gasteiger partial charge in [0.15, 0.2) is 5.58 Å². The van der Waals surface area contributed by atoms with Crippen molar-refractivity contribution in [3.05, 3.63) is 46.5 Å². The van der Waals surface area contributed by atoms with Gasteiger partial charge in [-0.25, -0.2) is 4.98 Å². The quantitative estimate of drug-likeness (QED) is 0.742. The topological polar surface area (TPSA) is 55.3 Å². The molecule has 4 nitrogen and oxygen atoms in total. The van der Waals surface area contributed by atoms with Crippen LogP contribution in [0.25, 0.3) is 11.1 Å². The fraction of sp³-hybridized carbons (Fsp3) is 0.214. The Hall–Kier alpha value is -1.85. The van der Waals surface area contributed by atoms with Crippen LogP contribution in [0.4, 0.5) is 5.69 Å². The van der Waals surface area contributed by atoms with Crippen LogP contribution in [0.2, 0.25) is 0 Å². The molecule has 98 valence electrons. The van der Waals surface area contributed by atoms with Gasteiger partial charge in [-0.3, -0.25) is 4.90 Å². The largest absolute Gasteiger partial charge is 0.439 e. The van der Waals surface area contributed by atoms with Gasteiger partial charge >= 0.3 is 0 Å². The van der Waals surface area contributed by atoms with Crippen LogP contribution >= 0.6 is 11.3 Å². The second-order valence-corrected chi connectivity index (χ2v) is 5.59. The highest BCUT2D eigenvalue weighted by atomic mass is 32.1. The van der Waals surface area contributed by atoms with E-state index in [-0.39, 0.29) is 0 Å². The molecule has 0 spiro atoms. The van der Waals surface area contributed by atoms with Crippen molar-refractivity contribution in [1.82, 2.24) is 9.88 Å². The first kappa shape index (κ1) is 12.2. The number of nitrogens with two attached hydrogens (primary N) is 1. The molecule has 0 atom stereocenters. The van der Waals surface area contributed by atoms with Crippen LogP contribution < -0.4 is 5.73 Å². The minimum Gasteiger partial charge on any atom is -0.439 e. The molecule has 0 bridgehead atoms. The highest BCUT2D eigenvalue weighted by Gasteiger charge is 2.10. The van der Waals surface area contributed by atoms with Crippen molar-refractivity contribution in [2.24, 2.45) is 0 Å². The number of benzene rings is 1. The minimum absolute atomic E-state index is 0.661. The van der Waals surface area contributed by atoms with Gasteiger partial charge in [0.25, 0.3) is 0 Å². The molecule has 5 heteroatoms. The van der Waals surface area contributed by atoms with Crippen molar-refractivity contribution in [2.75, 3.05) is 12.8 Å². The molecule has 3 aromatic rings. The third-order valence-corrected chi connectivity index (χ3v) is 3.77. The van der Waals surface area contributed by atoms with E-state index < -0.39 is 0 Å². The highest BCUT2D eigenvalue weighted by Crippen LogP contribution is 2.22. The number of hydrogen-bond acceptors (Lipinski definition) is 5. The first-order valence-corrected chi connectivity index (χ1v) is 6.95. The fourth-order valence-electron chi connectivity index (χ4n) is 2.04. The molecule has 2 aromatic heterocycles. The smallest absolute Gasteiger partial charge is 0.209 e. The molecule has 0 saturated heterocycles. The third-order valence-electron chi connectivity index (χ3n) is 2.91. The average Bonchev–Trinajstić information content (AvgIpc) is 2.98. The summed E-state index contributed by atoms with van der Waals surface area (Å²) in [4.78, 5) is 7.96. The molecule has 2 heterocycles. The lowest BCUT2D eigenvalue weighted by molar-refractivity contribution is 0.287. The fourth-order valence-corrected chi connectivity index (χ4v) is 2.82. The van der Waals surface area contributed by atoms with Gasteiger partial charge in [-0.05, 0) is 30.6 Å². The zero-order valence-corrected chi connectivity index (χ0v) is 11.5. The van der Waals surface area contributed by atoms with Gasteiger partial charge in [-0.15, -0.1) is 11.3 Å². The van der Waals surface area contributed by atoms with Crippen molar-refractivity contribution in [3.8, 4) is 0 Å². The summed E-state index contributed by atoms with van der Waals surface area (Å²) < 4.78 is 5.71. The van der Waals surface area contributed by atoms with E-state index in [0.717, 1.165) is 17.6 Å². The van der Waals surface area contributed by atoms with Crippen molar-refractivity contribution in [1.29, 1.82) is 0 Å². The van der Waals surface area contributed by atoms with Gasteiger partial charge in [0.05, 0.1) is 12.2 Å². The molecule has 0 aliphatic carbocycles. The maximum atomic E-state index is 5.88. The van der Waals surface area contributed by atoms with Crippen molar-refractivity contribution >= 4 is 28.1 Å². The van der Waals surface area contributed by atoms with Crippen molar-refractivity contribution in [3.63, 3.8) is 0 Å². The molecule has 1 aromatic carbocycles. The molecule has 0 amide bonds. The zero-order chi connectivity index (χ0) is 13.2. The number of nitrogen functional groups attached to an aromatic ring is 1. The summed E-state index contributed by atoms with van der Waals surface area (Å²) in [6, 6.07) is 9.80. The van der Waals surface area contributed by atoms with E-state index in [0.29, 0.717) is 18.1 Å². The number of anilines is 1. The van der Waals surface area contributed by atoms with Gasteiger partial charge in [-0.1, -0.05) is 12.1 Å². The van der Waals surface area contributed by atoms with E-state index in [2.05, 4.69) is 34.4 Å². The number of nitrogens with zero attached hydrogens (tertiary/aromatic N) is 2. The SMILES string of the molecule is CN(Cc1nc2c(N)cccc2o1)Cc1cccs1. The van der Waals surface area contributed by atoms with Crippen LogP contribution in [-0.4, -0.2) is 16.9 Å². The summed E-state index contributed by atoms with van der Waals surface area (Å²) in [6.45, 7) is 1.57. The molecular formula is C14H15N3OS. The number of oxazole rings is 1. The molecule has 0 aliphatic rings. The summed E-state index contributed by atoms with van der Waals surface area (Å²) in [7, 11) is 2.05. The van der Waals surface area contributed by atoms with Crippen LogP contribution in [0.5, 0.6) is 0 Å². The first-order valence-electron chi connectivity index (χ1n) is 6.07. The molecule has 0 radical (unpaired) electrons. The zero-order valence-electron chi connectivity index (χ0n) is 10.7. The van der Waals surface area contributed by atoms with E-state index in [1.807, 2.05) is 18.2 Å². The number of fused-ring (bicyclic) bond motifs is 1. The molecule has 0 saturated carbocycles. The molecule has 0 fully saturated rings. The molecule has 3 rings (SSSR count). The Kier molecular flexibility index (Phi) is 3.23. The van der Waals surface area contributed by atoms with Gasteiger partial charge < -0.3 is 10.2 Å². The lowest BCUT2D eigenvalue weighted by Gasteiger charge is -2.12. The molecule has 0 aliphatic heterocycles. The summed E-state index contributed by atoms with van der Waals surface area (Å²) >= 11 is 1.76. The number of hydrogen-bond donors (Lipinski definition) is 1. The van der Waals surface area contributed by atoms with Crippen LogP contribution in [0.15, 0.2) is 40.1 Å². The van der Waals surface area contributed by atoms with Crippen molar-refractivity contribution in [2.45, 2.75) is 13.1 Å². The van der Waals surface area contributed by atoms with Crippen LogP contribution in [-0.2, 0) is 13.1 Å². The molecule has 19 heavy (non-hydrogen) atoms. The maximum absolute atomic E-state index is 5.88. The predicted octanol–water partition coefficient (Wildman–Crippen LogP) is 3.10. The second kappa shape index (κ2) is 5.03. The summed E-state index contributed by atoms with van der Waals surface area (Å²) in [5.74, 6) is 0.701. The Morgan fingerprint density at radius 2 is 2.16 bits per heavy atom. The first-order chi connectivity index (χ1) is 9.22. The Morgan fingerprint density at radius 3 is 2.89 bits per heavy atom. The number of thiophene rings is 1. The number of aromatic nitrogens is 1. The summed E-state index contributed by atoms with van der Waals surface area (Å²) in [6.07, 6.45) is 0. The average molecular weight is 273 g/mol. The monoisotopic (exact) mass is 273 g/mol. The van der Waals surface area contributed by atoms with Gasteiger partial charge in [0.2, 0.25) is 5.89 Å². The predicted molar refractivity (Wildman–Crippen MR) is 77.9 cm³/mol. The van der Waals surface area contributed by atoms with Gasteiger partial charge in [-0.2, -0.15) is 0 Å². The number of rotatable bonds is 4. The van der Waals surface area contributed by atoms with Crippen LogP contribution in [0.3, 0.4) is 0 Å². The van der Waals surface area contributed by atoms with E-state index in [9.17, 15) is 0 Å². The van der Waals surface area contributed by atoms with E-state index in [1.54, 1.807) is 11.3 Å². The Labute approximate surface area is 115 Å². The van der Waals surface area contributed by atoms with Gasteiger partial charge in [0.1, 0.15) is 5.52 Å². The standard InChI is InChI=1S/C14H15N3OS/c1-17(8-10-4-3-7-19-10)9-13-16-14-11(15)5-2-6-12(14)18-13/h2-7H,8-9,15H2,1H3. The van der Waals surface area contributed by atoms with Crippen LogP contribution in [0.1, 0.15) is 10.8 Å². The third kappa shape index (κ3) is 2.62. The number of para-hydroxylation sites is 1. The second-order valence-electron chi connectivity index (χ2n) is 4.55. The molecule has 2 N–H and O–H groups in total. The molecule has 0 unspecified atom stereocenters. The highest BCUT2D eigenvalue weighted by molar-refractivity contribution is 7.09. The van der Waals surface area contributed by atoms with Gasteiger partial charge in [0, 0.05) is 11.4 Å². The Balaban J connectivity index is 1.76. The lowest BCUT2D eigenvalue weighted by atomic mass is 10.3. The maximum Gasteiger partial charge on any atom is 0.209 e. The lowest BCUT2D eigenvalue weighted by Crippen LogP contribution is -2.16. The van der Waals surface area contributed by atoms with E-state index in [1.165, 1.54) is 4.88 Å². The van der Waals surface area contributed by atoms with E-state index in [4.69, 9.17) is 10.2 Å². The Bertz CT molecular complexity index is 675. The Morgan fingerprint density at radius 1 is 1.26 bits per heavy atom. The summed E-state index contributed by atoms with van der Waals surface area (Å²) in [5, 5.41) is 2.09. The normalized spacial score (nSPS) is 11.5. The molecular weight excluding hydrogens is 258 g/mol. The van der Waals surface area contributed by atoms with E-state index >= 15 is 0 Å².